The number of benzene rings is 1. The molecule has 2 heterocycles. The van der Waals surface area contributed by atoms with Gasteiger partial charge < -0.3 is 20.6 Å². The molecule has 8 nitrogen and oxygen atoms in total. The van der Waals surface area contributed by atoms with Crippen molar-refractivity contribution in [2.24, 2.45) is 5.92 Å². The number of hydrogen-bond donors (Lipinski definition) is 3. The van der Waals surface area contributed by atoms with Crippen LogP contribution in [0.2, 0.25) is 0 Å². The molecule has 1 aromatic heterocycles. The monoisotopic (exact) mass is 597 g/mol. The molecule has 1 saturated heterocycles. The van der Waals surface area contributed by atoms with E-state index in [0.717, 1.165) is 32.0 Å². The number of aliphatic hydroxyl groups excluding tert-OH is 1. The van der Waals surface area contributed by atoms with Gasteiger partial charge in [0.05, 0.1) is 22.9 Å². The summed E-state index contributed by atoms with van der Waals surface area (Å²) < 4.78 is 71.4. The number of aromatic nitrogens is 2. The van der Waals surface area contributed by atoms with Crippen molar-refractivity contribution in [3.05, 3.63) is 53.6 Å². The Balaban J connectivity index is 1.88. The number of anilines is 2. The normalized spacial score (nSPS) is 16.3. The van der Waals surface area contributed by atoms with Crippen LogP contribution >= 0.6 is 0 Å². The Kier molecular flexibility index (Phi) is 11.6. The highest BCUT2D eigenvalue weighted by atomic mass is 32.2. The Bertz CT molecular complexity index is 1270. The van der Waals surface area contributed by atoms with Crippen molar-refractivity contribution in [2.45, 2.75) is 76.8 Å². The number of aliphatic hydroxyl groups is 1. The molecule has 1 aliphatic heterocycles. The Morgan fingerprint density at radius 2 is 1.95 bits per heavy atom. The molecule has 41 heavy (non-hydrogen) atoms. The van der Waals surface area contributed by atoms with Crippen LogP contribution < -0.4 is 15.5 Å². The van der Waals surface area contributed by atoms with Crippen molar-refractivity contribution < 1.29 is 26.7 Å². The first-order valence-corrected chi connectivity index (χ1v) is 16.0. The Hall–Kier alpha value is -2.70. The van der Waals surface area contributed by atoms with E-state index in [9.17, 15) is 13.5 Å². The molecular weight excluding hydrogens is 555 g/mol. The van der Waals surface area contributed by atoms with E-state index < -0.39 is 45.2 Å². The highest BCUT2D eigenvalue weighted by Crippen LogP contribution is 2.39. The maximum Gasteiger partial charge on any atom is 0.276 e. The van der Waals surface area contributed by atoms with Crippen LogP contribution in [0.15, 0.2) is 31.1 Å². The predicted molar refractivity (Wildman–Crippen MR) is 157 cm³/mol. The second-order valence-corrected chi connectivity index (χ2v) is 12.7. The van der Waals surface area contributed by atoms with Gasteiger partial charge in [-0.25, -0.2) is 31.6 Å². The van der Waals surface area contributed by atoms with Gasteiger partial charge in [-0.05, 0) is 58.0 Å². The quantitative estimate of drug-likeness (QED) is 0.227. The van der Waals surface area contributed by atoms with Gasteiger partial charge in [-0.3, -0.25) is 0 Å². The summed E-state index contributed by atoms with van der Waals surface area (Å²) in [4.78, 5) is 9.73. The minimum absolute atomic E-state index is 0.0372. The largest absolute Gasteiger partial charge is 0.363 e. The van der Waals surface area contributed by atoms with E-state index in [-0.39, 0.29) is 35.4 Å². The molecular formula is C29H42F3N5O3S. The highest BCUT2D eigenvalue weighted by Gasteiger charge is 2.37. The van der Waals surface area contributed by atoms with E-state index in [4.69, 9.17) is 0 Å². The summed E-state index contributed by atoms with van der Waals surface area (Å²) in [5.41, 5.74) is -2.14. The highest BCUT2D eigenvalue weighted by molar-refractivity contribution is 7.91. The number of rotatable bonds is 15. The molecule has 2 atom stereocenters. The summed E-state index contributed by atoms with van der Waals surface area (Å²) in [6.45, 7) is 10.8. The van der Waals surface area contributed by atoms with Crippen LogP contribution in [0.5, 0.6) is 0 Å². The molecule has 0 bridgehead atoms. The molecule has 0 aliphatic carbocycles. The lowest BCUT2D eigenvalue weighted by molar-refractivity contribution is -0.0236. The van der Waals surface area contributed by atoms with E-state index in [1.54, 1.807) is 13.8 Å². The van der Waals surface area contributed by atoms with E-state index in [0.29, 0.717) is 24.8 Å². The molecule has 228 valence electrons. The minimum Gasteiger partial charge on any atom is -0.363 e. The average molecular weight is 598 g/mol. The van der Waals surface area contributed by atoms with Gasteiger partial charge in [0.25, 0.3) is 5.92 Å². The molecule has 0 amide bonds. The predicted octanol–water partition coefficient (Wildman–Crippen LogP) is 5.62. The fourth-order valence-electron chi connectivity index (χ4n) is 5.20. The third kappa shape index (κ3) is 7.98. The molecule has 1 aromatic carbocycles. The summed E-state index contributed by atoms with van der Waals surface area (Å²) in [7, 11) is -3.88. The molecule has 3 rings (SSSR count). The molecule has 1 unspecified atom stereocenters. The van der Waals surface area contributed by atoms with Crippen LogP contribution in [0.4, 0.5) is 24.8 Å². The van der Waals surface area contributed by atoms with Crippen molar-refractivity contribution in [3.63, 3.8) is 0 Å². The third-order valence-electron chi connectivity index (χ3n) is 7.45. The van der Waals surface area contributed by atoms with E-state index in [1.165, 1.54) is 29.4 Å². The van der Waals surface area contributed by atoms with Crippen LogP contribution in [0.3, 0.4) is 0 Å². The number of nitrogens with zero attached hydrogens (tertiary/aromatic N) is 3. The van der Waals surface area contributed by atoms with Crippen LogP contribution in [-0.4, -0.2) is 54.4 Å². The molecule has 2 aromatic rings. The second kappa shape index (κ2) is 14.5. The van der Waals surface area contributed by atoms with Crippen molar-refractivity contribution in [1.82, 2.24) is 15.3 Å². The number of nitrogens with one attached hydrogen (secondary N) is 2. The molecule has 0 saturated carbocycles. The van der Waals surface area contributed by atoms with Crippen LogP contribution in [0.25, 0.3) is 6.08 Å². The summed E-state index contributed by atoms with van der Waals surface area (Å²) >= 11 is 0. The van der Waals surface area contributed by atoms with Crippen LogP contribution in [-0.2, 0) is 15.8 Å². The zero-order valence-electron chi connectivity index (χ0n) is 24.0. The van der Waals surface area contributed by atoms with Crippen molar-refractivity contribution >= 4 is 27.5 Å². The van der Waals surface area contributed by atoms with Gasteiger partial charge in [0.1, 0.15) is 23.8 Å². The SMILES string of the molecule is C=Cc1c(N[C@H](C)c2cccc(C(F)(F)CCC3CCNCC3)c2F)ncnc1N(CCC)C(O)S(=O)(=O)CCC. The molecule has 1 aliphatic rings. The third-order valence-corrected chi connectivity index (χ3v) is 9.32. The maximum atomic E-state index is 15.6. The van der Waals surface area contributed by atoms with Gasteiger partial charge in [0.2, 0.25) is 5.56 Å². The molecule has 12 heteroatoms. The van der Waals surface area contributed by atoms with Gasteiger partial charge in [-0.1, -0.05) is 44.7 Å². The zero-order chi connectivity index (χ0) is 30.2. The first kappa shape index (κ1) is 32.8. The van der Waals surface area contributed by atoms with E-state index >= 15 is 13.2 Å². The van der Waals surface area contributed by atoms with Crippen LogP contribution in [0, 0.1) is 11.7 Å². The van der Waals surface area contributed by atoms with Gasteiger partial charge in [0.15, 0.2) is 9.84 Å². The van der Waals surface area contributed by atoms with Gasteiger partial charge in [-0.15, -0.1) is 0 Å². The summed E-state index contributed by atoms with van der Waals surface area (Å²) in [6, 6.07) is 3.21. The van der Waals surface area contributed by atoms with Crippen molar-refractivity contribution in [3.8, 4) is 0 Å². The standard InChI is InChI=1S/C29H42F3N5O3S/c1-5-17-37(28(38)41(39,40)18-6-2)27-22(7-3)26(34-19-35-27)36-20(4)23-9-8-10-24(25(23)30)29(31,32)14-11-21-12-15-33-16-13-21/h7-10,19-21,28,33,38H,3,5-6,11-18H2,1-2,4H3,(H,34,35,36)/t20-,28?/m1/s1. The Labute approximate surface area is 241 Å². The summed E-state index contributed by atoms with van der Waals surface area (Å²) in [5, 5.41) is 17.1. The van der Waals surface area contributed by atoms with Gasteiger partial charge >= 0.3 is 0 Å². The Morgan fingerprint density at radius 1 is 1.24 bits per heavy atom. The lowest BCUT2D eigenvalue weighted by Gasteiger charge is -2.30. The van der Waals surface area contributed by atoms with E-state index in [1.807, 2.05) is 6.92 Å². The lowest BCUT2D eigenvalue weighted by atomic mass is 9.89. The van der Waals surface area contributed by atoms with E-state index in [2.05, 4.69) is 27.2 Å². The molecule has 1 fully saturated rings. The first-order valence-electron chi connectivity index (χ1n) is 14.2. The number of piperidine rings is 1. The summed E-state index contributed by atoms with van der Waals surface area (Å²) in [5.74, 6) is -3.98. The number of alkyl halides is 2. The lowest BCUT2D eigenvalue weighted by Crippen LogP contribution is -2.43. The zero-order valence-corrected chi connectivity index (χ0v) is 24.9. The Morgan fingerprint density at radius 3 is 2.59 bits per heavy atom. The average Bonchev–Trinajstić information content (AvgIpc) is 2.95. The van der Waals surface area contributed by atoms with Crippen molar-refractivity contribution in [2.75, 3.05) is 35.6 Å². The smallest absolute Gasteiger partial charge is 0.276 e. The summed E-state index contributed by atoms with van der Waals surface area (Å²) in [6.07, 6.45) is 5.03. The van der Waals surface area contributed by atoms with Gasteiger partial charge in [-0.2, -0.15) is 0 Å². The fourth-order valence-corrected chi connectivity index (χ4v) is 6.58. The number of hydrogen-bond acceptors (Lipinski definition) is 8. The van der Waals surface area contributed by atoms with Crippen LogP contribution in [0.1, 0.15) is 82.0 Å². The second-order valence-electron chi connectivity index (χ2n) is 10.6. The topological polar surface area (TPSA) is 107 Å². The molecule has 3 N–H and O–H groups in total. The molecule has 0 spiro atoms. The minimum atomic E-state index is -3.88. The number of halogens is 3. The van der Waals surface area contributed by atoms with Crippen molar-refractivity contribution in [1.29, 1.82) is 0 Å². The maximum absolute atomic E-state index is 15.6. The molecule has 0 radical (unpaired) electrons. The first-order chi connectivity index (χ1) is 19.5. The van der Waals surface area contributed by atoms with Gasteiger partial charge in [0, 0.05) is 18.5 Å². The number of sulfone groups is 1. The fraction of sp³-hybridized carbons (Fsp3) is 0.586.